The van der Waals surface area contributed by atoms with Crippen molar-refractivity contribution in [2.45, 2.75) is 34.2 Å². The molecule has 0 saturated heterocycles. The maximum atomic E-state index is 11.0. The molecular weight excluding hydrogens is 342 g/mol. The van der Waals surface area contributed by atoms with Crippen LogP contribution in [0.3, 0.4) is 0 Å². The van der Waals surface area contributed by atoms with Gasteiger partial charge in [-0.15, -0.1) is 0 Å². The normalized spacial score (nSPS) is 9.80. The highest BCUT2D eigenvalue weighted by Gasteiger charge is 2.08. The molecule has 2 N–H and O–H groups in total. The molecule has 7 heteroatoms. The van der Waals surface area contributed by atoms with Crippen LogP contribution in [0, 0.1) is 20.8 Å². The van der Waals surface area contributed by atoms with E-state index >= 15 is 0 Å². The number of aryl methyl sites for hydroxylation is 3. The lowest BCUT2D eigenvalue weighted by atomic mass is 10.3. The average Bonchev–Trinajstić information content (AvgIpc) is 3.07. The summed E-state index contributed by atoms with van der Waals surface area (Å²) < 4.78 is 7.03. The van der Waals surface area contributed by atoms with E-state index in [2.05, 4.69) is 23.1 Å². The fourth-order valence-electron chi connectivity index (χ4n) is 2.07. The Hall–Kier alpha value is -2.44. The van der Waals surface area contributed by atoms with Crippen LogP contribution in [0.2, 0.25) is 5.02 Å². The summed E-state index contributed by atoms with van der Waals surface area (Å²) in [7, 11) is 0. The van der Waals surface area contributed by atoms with E-state index in [4.69, 9.17) is 16.0 Å². The Kier molecular flexibility index (Phi) is 7.54. The molecule has 25 heavy (non-hydrogen) atoms. The first-order chi connectivity index (χ1) is 11.3. The summed E-state index contributed by atoms with van der Waals surface area (Å²) in [5.74, 6) is 0.968. The minimum Gasteiger partial charge on any atom is -0.456 e. The summed E-state index contributed by atoms with van der Waals surface area (Å²) in [4.78, 5) is 15.1. The number of ketones is 1. The molecule has 3 aromatic rings. The molecule has 0 atom stereocenters. The number of furan rings is 1. The van der Waals surface area contributed by atoms with E-state index in [0.717, 1.165) is 11.4 Å². The van der Waals surface area contributed by atoms with Crippen molar-refractivity contribution in [3.05, 3.63) is 70.2 Å². The number of carbonyl (C=O) groups is 1. The molecule has 134 valence electrons. The molecule has 0 amide bonds. The van der Waals surface area contributed by atoms with Gasteiger partial charge in [0.25, 0.3) is 0 Å². The van der Waals surface area contributed by atoms with Crippen LogP contribution in [0.1, 0.15) is 40.2 Å². The first-order valence-corrected chi connectivity index (χ1v) is 7.91. The maximum absolute atomic E-state index is 11.0. The SMILES string of the molecule is CC(=O)c1ccc(Cn2cc(Cl)c(C)n2)o1.Cc1ccnc(C)c1.O. The van der Waals surface area contributed by atoms with Gasteiger partial charge in [0.2, 0.25) is 0 Å². The molecule has 3 aromatic heterocycles. The van der Waals surface area contributed by atoms with E-state index in [1.807, 2.05) is 26.1 Å². The molecule has 0 bridgehead atoms. The van der Waals surface area contributed by atoms with Gasteiger partial charge in [0.05, 0.1) is 17.3 Å². The molecule has 0 aliphatic carbocycles. The smallest absolute Gasteiger partial charge is 0.194 e. The summed E-state index contributed by atoms with van der Waals surface area (Å²) in [6.45, 7) is 7.84. The van der Waals surface area contributed by atoms with Crippen LogP contribution in [0.25, 0.3) is 0 Å². The molecule has 0 aromatic carbocycles. The summed E-state index contributed by atoms with van der Waals surface area (Å²) in [5.41, 5.74) is 3.14. The molecule has 3 rings (SSSR count). The van der Waals surface area contributed by atoms with Gasteiger partial charge in [0.15, 0.2) is 11.5 Å². The first-order valence-electron chi connectivity index (χ1n) is 7.53. The van der Waals surface area contributed by atoms with E-state index in [-0.39, 0.29) is 11.3 Å². The van der Waals surface area contributed by atoms with E-state index < -0.39 is 0 Å². The standard InChI is InChI=1S/C11H11ClN2O2.C7H9N.H2O/c1-7-10(12)6-14(13-7)5-9-3-4-11(16-9)8(2)15;1-6-3-4-8-7(2)5-6;/h3-4,6H,5H2,1-2H3;3-5H,1-2H3;1H2. The number of halogens is 1. The third kappa shape index (κ3) is 6.17. The Balaban J connectivity index is 0.000000295. The Morgan fingerprint density at radius 3 is 2.40 bits per heavy atom. The van der Waals surface area contributed by atoms with Crippen molar-refractivity contribution in [2.75, 3.05) is 0 Å². The molecule has 0 saturated carbocycles. The number of pyridine rings is 1. The second kappa shape index (κ2) is 9.15. The second-order valence-corrected chi connectivity index (χ2v) is 5.96. The monoisotopic (exact) mass is 363 g/mol. The third-order valence-corrected chi connectivity index (χ3v) is 3.64. The van der Waals surface area contributed by atoms with Crippen molar-refractivity contribution in [3.8, 4) is 0 Å². The molecule has 0 radical (unpaired) electrons. The molecule has 0 aliphatic rings. The Bertz CT molecular complexity index is 803. The number of aromatic nitrogens is 3. The molecule has 3 heterocycles. The van der Waals surface area contributed by atoms with Crippen LogP contribution >= 0.6 is 11.6 Å². The first kappa shape index (κ1) is 20.6. The van der Waals surface area contributed by atoms with Crippen molar-refractivity contribution < 1.29 is 14.7 Å². The topological polar surface area (TPSA) is 92.4 Å². The van der Waals surface area contributed by atoms with Gasteiger partial charge in [-0.2, -0.15) is 5.10 Å². The quantitative estimate of drug-likeness (QED) is 0.665. The van der Waals surface area contributed by atoms with Gasteiger partial charge in [0.1, 0.15) is 5.76 Å². The number of Topliss-reactive ketones (excluding diaryl/α,β-unsaturated/α-hetero) is 1. The second-order valence-electron chi connectivity index (χ2n) is 5.56. The van der Waals surface area contributed by atoms with Crippen LogP contribution in [0.5, 0.6) is 0 Å². The van der Waals surface area contributed by atoms with Crippen molar-refractivity contribution in [1.29, 1.82) is 0 Å². The van der Waals surface area contributed by atoms with E-state index in [1.165, 1.54) is 12.5 Å². The summed E-state index contributed by atoms with van der Waals surface area (Å²) in [6.07, 6.45) is 3.55. The van der Waals surface area contributed by atoms with Gasteiger partial charge < -0.3 is 9.89 Å². The number of carbonyl (C=O) groups excluding carboxylic acids is 1. The van der Waals surface area contributed by atoms with Crippen LogP contribution < -0.4 is 0 Å². The molecule has 0 spiro atoms. The van der Waals surface area contributed by atoms with Crippen LogP contribution in [0.15, 0.2) is 41.1 Å². The molecule has 0 unspecified atom stereocenters. The number of rotatable bonds is 3. The molecule has 0 aliphatic heterocycles. The lowest BCUT2D eigenvalue weighted by molar-refractivity contribution is 0.0985. The molecular formula is C18H22ClN3O3. The van der Waals surface area contributed by atoms with Crippen LogP contribution in [-0.2, 0) is 6.54 Å². The zero-order valence-electron chi connectivity index (χ0n) is 14.7. The van der Waals surface area contributed by atoms with Gasteiger partial charge >= 0.3 is 0 Å². The predicted octanol–water partition coefficient (Wildman–Crippen LogP) is 3.56. The van der Waals surface area contributed by atoms with Crippen molar-refractivity contribution >= 4 is 17.4 Å². The van der Waals surface area contributed by atoms with Gasteiger partial charge in [0, 0.05) is 25.0 Å². The number of hydrogen-bond donors (Lipinski definition) is 0. The van der Waals surface area contributed by atoms with Gasteiger partial charge in [-0.05, 0) is 50.6 Å². The van der Waals surface area contributed by atoms with Crippen LogP contribution in [-0.4, -0.2) is 26.0 Å². The Morgan fingerprint density at radius 2 is 1.96 bits per heavy atom. The lowest BCUT2D eigenvalue weighted by Crippen LogP contribution is -1.99. The molecule has 0 fully saturated rings. The molecule has 6 nitrogen and oxygen atoms in total. The highest BCUT2D eigenvalue weighted by molar-refractivity contribution is 6.31. The van der Waals surface area contributed by atoms with E-state index in [1.54, 1.807) is 23.0 Å². The fraction of sp³-hybridized carbons (Fsp3) is 0.278. The summed E-state index contributed by atoms with van der Waals surface area (Å²) in [5, 5.41) is 4.82. The largest absolute Gasteiger partial charge is 0.456 e. The van der Waals surface area contributed by atoms with E-state index in [9.17, 15) is 4.79 Å². The third-order valence-electron chi connectivity index (χ3n) is 3.27. The highest BCUT2D eigenvalue weighted by Crippen LogP contribution is 2.15. The number of nitrogens with zero attached hydrogens (tertiary/aromatic N) is 3. The lowest BCUT2D eigenvalue weighted by Gasteiger charge is -1.96. The Morgan fingerprint density at radius 1 is 1.24 bits per heavy atom. The van der Waals surface area contributed by atoms with E-state index in [0.29, 0.717) is 23.1 Å². The van der Waals surface area contributed by atoms with Crippen molar-refractivity contribution in [2.24, 2.45) is 0 Å². The Labute approximate surface area is 151 Å². The van der Waals surface area contributed by atoms with Gasteiger partial charge in [-0.1, -0.05) is 11.6 Å². The van der Waals surface area contributed by atoms with Crippen LogP contribution in [0.4, 0.5) is 0 Å². The minimum atomic E-state index is -0.0825. The minimum absolute atomic E-state index is 0. The van der Waals surface area contributed by atoms with Gasteiger partial charge in [-0.25, -0.2) is 0 Å². The fourth-order valence-corrected chi connectivity index (χ4v) is 2.22. The predicted molar refractivity (Wildman–Crippen MR) is 97.1 cm³/mol. The highest BCUT2D eigenvalue weighted by atomic mass is 35.5. The summed E-state index contributed by atoms with van der Waals surface area (Å²) in [6, 6.07) is 7.48. The summed E-state index contributed by atoms with van der Waals surface area (Å²) >= 11 is 5.88. The average molecular weight is 364 g/mol. The van der Waals surface area contributed by atoms with Gasteiger partial charge in [-0.3, -0.25) is 14.5 Å². The number of hydrogen-bond acceptors (Lipinski definition) is 4. The van der Waals surface area contributed by atoms with Crippen molar-refractivity contribution in [1.82, 2.24) is 14.8 Å². The van der Waals surface area contributed by atoms with Crippen molar-refractivity contribution in [3.63, 3.8) is 0 Å². The maximum Gasteiger partial charge on any atom is 0.194 e. The zero-order valence-corrected chi connectivity index (χ0v) is 15.5. The zero-order chi connectivity index (χ0) is 17.7.